The third kappa shape index (κ3) is 4.67. The standard InChI is InChI=1S/C24H23N3O2S/c1-26(2)15-16-27(24-25-21-13-6-7-14-22(21)30-24)23(28)18-9-8-12-20(17-18)29-19-10-4-3-5-11-19/h3-14,17H,15-16H2,1-2H3/p+1. The van der Waals surface area contributed by atoms with Crippen molar-refractivity contribution in [3.63, 3.8) is 0 Å². The van der Waals surface area contributed by atoms with Crippen LogP contribution in [0.1, 0.15) is 10.4 Å². The van der Waals surface area contributed by atoms with Gasteiger partial charge in [0.15, 0.2) is 5.13 Å². The quantitative estimate of drug-likeness (QED) is 0.496. The number of carbonyl (C=O) groups is 1. The Balaban J connectivity index is 1.63. The Kier molecular flexibility index (Phi) is 6.07. The Morgan fingerprint density at radius 2 is 1.70 bits per heavy atom. The zero-order chi connectivity index (χ0) is 20.9. The van der Waals surface area contributed by atoms with Crippen molar-refractivity contribution < 1.29 is 14.4 Å². The number of thiazole rings is 1. The molecule has 0 spiro atoms. The minimum atomic E-state index is -0.0752. The van der Waals surface area contributed by atoms with Gasteiger partial charge in [0.05, 0.1) is 37.4 Å². The van der Waals surface area contributed by atoms with Gasteiger partial charge in [-0.3, -0.25) is 9.69 Å². The molecule has 1 amide bonds. The fourth-order valence-corrected chi connectivity index (χ4v) is 4.06. The number of quaternary nitrogens is 1. The second-order valence-corrected chi connectivity index (χ2v) is 8.33. The van der Waals surface area contributed by atoms with Crippen molar-refractivity contribution in [3.05, 3.63) is 84.4 Å². The zero-order valence-electron chi connectivity index (χ0n) is 17.0. The van der Waals surface area contributed by atoms with Crippen molar-refractivity contribution in [2.24, 2.45) is 0 Å². The normalized spacial score (nSPS) is 11.0. The lowest BCUT2D eigenvalue weighted by Gasteiger charge is -2.21. The summed E-state index contributed by atoms with van der Waals surface area (Å²) >= 11 is 1.54. The monoisotopic (exact) mass is 418 g/mol. The summed E-state index contributed by atoms with van der Waals surface area (Å²) in [6.07, 6.45) is 0. The third-order valence-corrected chi connectivity index (χ3v) is 5.71. The largest absolute Gasteiger partial charge is 0.457 e. The molecule has 0 unspecified atom stereocenters. The van der Waals surface area contributed by atoms with Crippen LogP contribution in [0.2, 0.25) is 0 Å². The lowest BCUT2D eigenvalue weighted by molar-refractivity contribution is -0.856. The van der Waals surface area contributed by atoms with E-state index < -0.39 is 0 Å². The zero-order valence-corrected chi connectivity index (χ0v) is 17.9. The summed E-state index contributed by atoms with van der Waals surface area (Å²) in [6.45, 7) is 1.41. The molecular weight excluding hydrogens is 394 g/mol. The highest BCUT2D eigenvalue weighted by molar-refractivity contribution is 7.22. The van der Waals surface area contributed by atoms with Gasteiger partial charge in [-0.25, -0.2) is 4.98 Å². The van der Waals surface area contributed by atoms with E-state index >= 15 is 0 Å². The summed E-state index contributed by atoms with van der Waals surface area (Å²) in [6, 6.07) is 24.8. The molecule has 0 saturated carbocycles. The Labute approximate surface area is 180 Å². The molecule has 0 atom stereocenters. The lowest BCUT2D eigenvalue weighted by atomic mass is 10.2. The highest BCUT2D eigenvalue weighted by atomic mass is 32.1. The molecule has 4 rings (SSSR count). The molecule has 4 aromatic rings. The second kappa shape index (κ2) is 9.07. The van der Waals surface area contributed by atoms with E-state index in [0.717, 1.165) is 27.6 Å². The highest BCUT2D eigenvalue weighted by Gasteiger charge is 2.22. The molecule has 6 heteroatoms. The van der Waals surface area contributed by atoms with E-state index in [4.69, 9.17) is 9.72 Å². The number of likely N-dealkylation sites (N-methyl/N-ethyl adjacent to an activating group) is 1. The number of carbonyl (C=O) groups excluding carboxylic acids is 1. The van der Waals surface area contributed by atoms with E-state index in [1.807, 2.05) is 72.8 Å². The van der Waals surface area contributed by atoms with Crippen LogP contribution >= 0.6 is 11.3 Å². The first-order valence-corrected chi connectivity index (χ1v) is 10.7. The maximum atomic E-state index is 13.5. The van der Waals surface area contributed by atoms with Gasteiger partial charge in [-0.1, -0.05) is 47.7 Å². The van der Waals surface area contributed by atoms with E-state index in [-0.39, 0.29) is 5.91 Å². The van der Waals surface area contributed by atoms with E-state index in [0.29, 0.717) is 17.9 Å². The van der Waals surface area contributed by atoms with Gasteiger partial charge in [0.1, 0.15) is 11.5 Å². The Hall–Kier alpha value is -3.22. The highest BCUT2D eigenvalue weighted by Crippen LogP contribution is 2.30. The van der Waals surface area contributed by atoms with E-state index in [9.17, 15) is 4.79 Å². The van der Waals surface area contributed by atoms with Crippen LogP contribution in [-0.4, -0.2) is 38.1 Å². The van der Waals surface area contributed by atoms with E-state index in [1.165, 1.54) is 4.90 Å². The van der Waals surface area contributed by atoms with Crippen molar-refractivity contribution in [3.8, 4) is 11.5 Å². The predicted octanol–water partition coefficient (Wildman–Crippen LogP) is 3.88. The third-order valence-electron chi connectivity index (χ3n) is 4.65. The lowest BCUT2D eigenvalue weighted by Crippen LogP contribution is -3.06. The van der Waals surface area contributed by atoms with E-state index in [2.05, 4.69) is 14.1 Å². The number of anilines is 1. The summed E-state index contributed by atoms with van der Waals surface area (Å²) in [5.41, 5.74) is 1.49. The van der Waals surface area contributed by atoms with Crippen molar-refractivity contribution in [2.75, 3.05) is 32.1 Å². The van der Waals surface area contributed by atoms with E-state index in [1.54, 1.807) is 22.3 Å². The topological polar surface area (TPSA) is 46.9 Å². The molecule has 0 fully saturated rings. The molecule has 0 bridgehead atoms. The maximum Gasteiger partial charge on any atom is 0.260 e. The van der Waals surface area contributed by atoms with Crippen LogP contribution in [0.3, 0.4) is 0 Å². The number of benzene rings is 3. The van der Waals surface area contributed by atoms with Crippen LogP contribution in [-0.2, 0) is 0 Å². The number of rotatable bonds is 7. The number of nitrogens with one attached hydrogen (secondary N) is 1. The van der Waals surface area contributed by atoms with Crippen LogP contribution < -0.4 is 14.5 Å². The van der Waals surface area contributed by atoms with Gasteiger partial charge < -0.3 is 9.64 Å². The molecule has 5 nitrogen and oxygen atoms in total. The van der Waals surface area contributed by atoms with Gasteiger partial charge in [0, 0.05) is 5.56 Å². The van der Waals surface area contributed by atoms with Crippen molar-refractivity contribution >= 4 is 32.6 Å². The molecule has 3 aromatic carbocycles. The van der Waals surface area contributed by atoms with Gasteiger partial charge in [0.25, 0.3) is 5.91 Å². The summed E-state index contributed by atoms with van der Waals surface area (Å²) in [4.78, 5) is 21.2. The average Bonchev–Trinajstić information content (AvgIpc) is 3.18. The molecule has 0 aliphatic heterocycles. The molecule has 0 aliphatic carbocycles. The van der Waals surface area contributed by atoms with Gasteiger partial charge in [-0.05, 0) is 42.5 Å². The number of ether oxygens (including phenoxy) is 1. The number of amides is 1. The molecule has 1 N–H and O–H groups in total. The van der Waals surface area contributed by atoms with Gasteiger partial charge in [0.2, 0.25) is 0 Å². The number of hydrogen-bond donors (Lipinski definition) is 1. The van der Waals surface area contributed by atoms with Gasteiger partial charge in [-0.2, -0.15) is 0 Å². The van der Waals surface area contributed by atoms with Crippen molar-refractivity contribution in [2.45, 2.75) is 0 Å². The van der Waals surface area contributed by atoms with Crippen LogP contribution in [0.5, 0.6) is 11.5 Å². The molecule has 0 radical (unpaired) electrons. The average molecular weight is 419 g/mol. The number of fused-ring (bicyclic) bond motifs is 1. The molecule has 0 saturated heterocycles. The van der Waals surface area contributed by atoms with Crippen molar-refractivity contribution in [1.29, 1.82) is 0 Å². The number of hydrogen-bond acceptors (Lipinski definition) is 4. The number of nitrogens with zero attached hydrogens (tertiary/aromatic N) is 2. The predicted molar refractivity (Wildman–Crippen MR) is 122 cm³/mol. The maximum absolute atomic E-state index is 13.5. The number of para-hydroxylation sites is 2. The van der Waals surface area contributed by atoms with Crippen LogP contribution in [0.4, 0.5) is 5.13 Å². The van der Waals surface area contributed by atoms with Gasteiger partial charge >= 0.3 is 0 Å². The summed E-state index contributed by atoms with van der Waals surface area (Å²) in [5, 5.41) is 0.719. The van der Waals surface area contributed by atoms with Crippen LogP contribution in [0.25, 0.3) is 10.2 Å². The minimum Gasteiger partial charge on any atom is -0.457 e. The van der Waals surface area contributed by atoms with Crippen LogP contribution in [0.15, 0.2) is 78.9 Å². The fourth-order valence-electron chi connectivity index (χ4n) is 3.07. The summed E-state index contributed by atoms with van der Waals surface area (Å²) < 4.78 is 6.99. The van der Waals surface area contributed by atoms with Crippen molar-refractivity contribution in [1.82, 2.24) is 4.98 Å². The molecule has 30 heavy (non-hydrogen) atoms. The molecule has 1 aromatic heterocycles. The first-order valence-electron chi connectivity index (χ1n) is 9.89. The number of aromatic nitrogens is 1. The SMILES string of the molecule is C[NH+](C)CCN(C(=O)c1cccc(Oc2ccccc2)c1)c1nc2ccccc2s1. The molecule has 152 valence electrons. The Bertz CT molecular complexity index is 1110. The minimum absolute atomic E-state index is 0.0752. The fraction of sp³-hybridized carbons (Fsp3) is 0.167. The Morgan fingerprint density at radius 3 is 2.47 bits per heavy atom. The smallest absolute Gasteiger partial charge is 0.260 e. The molecule has 0 aliphatic rings. The van der Waals surface area contributed by atoms with Gasteiger partial charge in [-0.15, -0.1) is 0 Å². The first-order chi connectivity index (χ1) is 14.6. The molecule has 1 heterocycles. The van der Waals surface area contributed by atoms with Crippen LogP contribution in [0, 0.1) is 0 Å². The first kappa shape index (κ1) is 20.1. The Morgan fingerprint density at radius 1 is 0.967 bits per heavy atom. The second-order valence-electron chi connectivity index (χ2n) is 7.32. The molecular formula is C24H24N3O2S+. The summed E-state index contributed by atoms with van der Waals surface area (Å²) in [7, 11) is 4.16. The summed E-state index contributed by atoms with van der Waals surface area (Å²) in [5.74, 6) is 1.30.